The second-order valence-corrected chi connectivity index (χ2v) is 11.2. The molecule has 0 unspecified atom stereocenters. The fourth-order valence-corrected chi connectivity index (χ4v) is 4.62. The third-order valence-corrected chi connectivity index (χ3v) is 6.84. The molecule has 0 radical (unpaired) electrons. The first-order valence-electron chi connectivity index (χ1n) is 14.0. The van der Waals surface area contributed by atoms with Crippen molar-refractivity contribution in [3.63, 3.8) is 0 Å². The van der Waals surface area contributed by atoms with Gasteiger partial charge in [0.15, 0.2) is 0 Å². The number of hydrogen-bond acceptors (Lipinski definition) is 7. The zero-order chi connectivity index (χ0) is 28.7. The van der Waals surface area contributed by atoms with Gasteiger partial charge in [-0.05, 0) is 88.5 Å². The van der Waals surface area contributed by atoms with Crippen molar-refractivity contribution in [3.8, 4) is 17.2 Å². The first-order valence-corrected chi connectivity index (χ1v) is 14.0. The van der Waals surface area contributed by atoms with Crippen molar-refractivity contribution < 1.29 is 14.3 Å². The van der Waals surface area contributed by atoms with E-state index >= 15 is 0 Å². The fraction of sp³-hybridized carbons (Fsp3) is 0.406. The number of fused-ring (bicyclic) bond motifs is 1. The van der Waals surface area contributed by atoms with Crippen molar-refractivity contribution in [3.05, 3.63) is 71.7 Å². The molecule has 8 heteroatoms. The van der Waals surface area contributed by atoms with Gasteiger partial charge >= 0.3 is 0 Å². The number of piperidine rings is 1. The summed E-state index contributed by atoms with van der Waals surface area (Å²) in [6.45, 7) is 13.3. The van der Waals surface area contributed by atoms with Crippen molar-refractivity contribution in [2.75, 3.05) is 19.6 Å². The number of carbonyl (C=O) groups excluding carboxylic acids is 1. The van der Waals surface area contributed by atoms with Gasteiger partial charge in [0.2, 0.25) is 5.91 Å². The van der Waals surface area contributed by atoms with Crippen LogP contribution in [-0.2, 0) is 11.2 Å². The summed E-state index contributed by atoms with van der Waals surface area (Å²) < 4.78 is 12.7. The first kappa shape index (κ1) is 29.1. The maximum atomic E-state index is 12.6. The molecule has 2 aromatic carbocycles. The monoisotopic (exact) mass is 543 g/mol. The van der Waals surface area contributed by atoms with E-state index in [2.05, 4.69) is 27.1 Å². The molecule has 1 fully saturated rings. The zero-order valence-corrected chi connectivity index (χ0v) is 24.2. The van der Waals surface area contributed by atoms with E-state index in [-0.39, 0.29) is 24.0 Å². The molecule has 40 heavy (non-hydrogen) atoms. The number of pyridine rings is 1. The zero-order valence-electron chi connectivity index (χ0n) is 24.2. The first-order chi connectivity index (χ1) is 19.1. The van der Waals surface area contributed by atoms with Gasteiger partial charge < -0.3 is 25.4 Å². The summed E-state index contributed by atoms with van der Waals surface area (Å²) in [5.74, 6) is 2.09. The second-order valence-electron chi connectivity index (χ2n) is 11.2. The van der Waals surface area contributed by atoms with Crippen LogP contribution >= 0.6 is 0 Å². The highest BCUT2D eigenvalue weighted by Crippen LogP contribution is 2.33. The highest BCUT2D eigenvalue weighted by Gasteiger charge is 2.20. The number of amides is 1. The standard InChI is InChI=1S/C32H41N5O3/c1-6-37-15-12-25(13-16-37)39-26-8-9-28-27(19-26)30(11-14-34-28)40-29-10-7-23(17-22(29)2)18-31(38)36-24(20-33)21-35-32(3,4)5/h7-11,14,17,19-21,25H,6,12-13,15-16,18,33H2,1-5H3,(H,36,38)/b24-20+,35-21?. The van der Waals surface area contributed by atoms with Crippen molar-refractivity contribution in [2.24, 2.45) is 10.7 Å². The summed E-state index contributed by atoms with van der Waals surface area (Å²) in [6, 6.07) is 13.6. The Hall–Kier alpha value is -3.91. The molecule has 1 amide bonds. The van der Waals surface area contributed by atoms with Crippen LogP contribution in [-0.4, -0.2) is 53.3 Å². The average molecular weight is 544 g/mol. The molecular formula is C32H41N5O3. The number of aromatic nitrogens is 1. The normalized spacial score (nSPS) is 15.5. The van der Waals surface area contributed by atoms with Crippen LogP contribution in [0.5, 0.6) is 17.2 Å². The lowest BCUT2D eigenvalue weighted by Gasteiger charge is -2.31. The van der Waals surface area contributed by atoms with Gasteiger partial charge in [-0.25, -0.2) is 0 Å². The van der Waals surface area contributed by atoms with Crippen LogP contribution in [0.1, 0.15) is 51.7 Å². The lowest BCUT2D eigenvalue weighted by molar-refractivity contribution is -0.119. The van der Waals surface area contributed by atoms with Gasteiger partial charge in [0.25, 0.3) is 0 Å². The number of benzene rings is 2. The number of ether oxygens (including phenoxy) is 2. The number of nitrogens with one attached hydrogen (secondary N) is 1. The number of carbonyl (C=O) groups is 1. The predicted molar refractivity (Wildman–Crippen MR) is 161 cm³/mol. The van der Waals surface area contributed by atoms with E-state index in [0.717, 1.165) is 66.0 Å². The lowest BCUT2D eigenvalue weighted by Crippen LogP contribution is -2.37. The number of allylic oxidation sites excluding steroid dienone is 1. The predicted octanol–water partition coefficient (Wildman–Crippen LogP) is 5.53. The maximum absolute atomic E-state index is 12.6. The smallest absolute Gasteiger partial charge is 0.228 e. The maximum Gasteiger partial charge on any atom is 0.228 e. The molecule has 1 aliphatic rings. The van der Waals surface area contributed by atoms with Crippen LogP contribution in [0.3, 0.4) is 0 Å². The Kier molecular flexibility index (Phi) is 9.42. The number of rotatable bonds is 9. The van der Waals surface area contributed by atoms with Crippen LogP contribution in [0.2, 0.25) is 0 Å². The Balaban J connectivity index is 1.43. The molecule has 1 aliphatic heterocycles. The molecule has 4 rings (SSSR count). The second kappa shape index (κ2) is 13.0. The molecule has 0 aliphatic carbocycles. The molecule has 1 saturated heterocycles. The van der Waals surface area contributed by atoms with E-state index in [9.17, 15) is 4.79 Å². The Bertz CT molecular complexity index is 1390. The molecule has 212 valence electrons. The van der Waals surface area contributed by atoms with Crippen LogP contribution in [0.15, 0.2) is 65.6 Å². The van der Waals surface area contributed by atoms with Gasteiger partial charge in [-0.1, -0.05) is 19.1 Å². The van der Waals surface area contributed by atoms with Crippen molar-refractivity contribution in [1.29, 1.82) is 0 Å². The Morgan fingerprint density at radius 2 is 1.93 bits per heavy atom. The van der Waals surface area contributed by atoms with Crippen LogP contribution in [0.4, 0.5) is 0 Å². The van der Waals surface area contributed by atoms with Gasteiger partial charge in [-0.3, -0.25) is 14.8 Å². The number of likely N-dealkylation sites (tertiary alicyclic amines) is 1. The minimum Gasteiger partial charge on any atom is -0.490 e. The summed E-state index contributed by atoms with van der Waals surface area (Å²) in [5, 5.41) is 3.71. The SMILES string of the molecule is CCN1CCC(Oc2ccc3nccc(Oc4ccc(CC(=O)N/C(C=NC(C)(C)C)=C/N)cc4C)c3c2)CC1. The van der Waals surface area contributed by atoms with Crippen molar-refractivity contribution in [1.82, 2.24) is 15.2 Å². The molecule has 0 saturated carbocycles. The molecule has 3 N–H and O–H groups in total. The Morgan fingerprint density at radius 3 is 2.60 bits per heavy atom. The molecule has 2 heterocycles. The number of aliphatic imine (C=N–C) groups is 1. The average Bonchev–Trinajstić information content (AvgIpc) is 2.92. The fourth-order valence-electron chi connectivity index (χ4n) is 4.62. The minimum absolute atomic E-state index is 0.168. The number of nitrogens with zero attached hydrogens (tertiary/aromatic N) is 3. The van der Waals surface area contributed by atoms with Crippen LogP contribution < -0.4 is 20.5 Å². The summed E-state index contributed by atoms with van der Waals surface area (Å²) in [7, 11) is 0. The number of nitrogens with two attached hydrogens (primary N) is 1. The van der Waals surface area contributed by atoms with E-state index in [1.165, 1.54) is 6.20 Å². The largest absolute Gasteiger partial charge is 0.490 e. The highest BCUT2D eigenvalue weighted by atomic mass is 16.5. The molecule has 8 nitrogen and oxygen atoms in total. The molecule has 0 spiro atoms. The Morgan fingerprint density at radius 1 is 1.15 bits per heavy atom. The van der Waals surface area contributed by atoms with E-state index < -0.39 is 0 Å². The summed E-state index contributed by atoms with van der Waals surface area (Å²) >= 11 is 0. The molecule has 3 aromatic rings. The van der Waals surface area contributed by atoms with Crippen molar-refractivity contribution in [2.45, 2.75) is 65.5 Å². The number of aryl methyl sites for hydroxylation is 1. The topological polar surface area (TPSA) is 102 Å². The van der Waals surface area contributed by atoms with Gasteiger partial charge in [-0.15, -0.1) is 0 Å². The van der Waals surface area contributed by atoms with Gasteiger partial charge in [0.1, 0.15) is 23.4 Å². The van der Waals surface area contributed by atoms with E-state index in [0.29, 0.717) is 11.4 Å². The van der Waals surface area contributed by atoms with E-state index in [1.54, 1.807) is 12.4 Å². The van der Waals surface area contributed by atoms with Crippen LogP contribution in [0.25, 0.3) is 10.9 Å². The summed E-state index contributed by atoms with van der Waals surface area (Å²) in [5.41, 5.74) is 8.52. The van der Waals surface area contributed by atoms with Crippen LogP contribution in [0, 0.1) is 6.92 Å². The molecular weight excluding hydrogens is 502 g/mol. The highest BCUT2D eigenvalue weighted by molar-refractivity contribution is 5.89. The molecule has 1 aromatic heterocycles. The van der Waals surface area contributed by atoms with Gasteiger partial charge in [0.05, 0.1) is 23.2 Å². The molecule has 0 atom stereocenters. The summed E-state index contributed by atoms with van der Waals surface area (Å²) in [4.78, 5) is 24.0. The van der Waals surface area contributed by atoms with E-state index in [1.807, 2.05) is 70.2 Å². The third kappa shape index (κ3) is 8.05. The lowest BCUT2D eigenvalue weighted by atomic mass is 10.1. The molecule has 0 bridgehead atoms. The van der Waals surface area contributed by atoms with Gasteiger partial charge in [-0.2, -0.15) is 0 Å². The summed E-state index contributed by atoms with van der Waals surface area (Å²) in [6.07, 6.45) is 7.16. The minimum atomic E-state index is -0.257. The van der Waals surface area contributed by atoms with Gasteiger partial charge in [0, 0.05) is 37.1 Å². The number of hydrogen-bond donors (Lipinski definition) is 2. The quantitative estimate of drug-likeness (QED) is 0.344. The Labute approximate surface area is 237 Å². The van der Waals surface area contributed by atoms with E-state index in [4.69, 9.17) is 15.2 Å². The van der Waals surface area contributed by atoms with Crippen molar-refractivity contribution >= 4 is 23.0 Å². The third-order valence-electron chi connectivity index (χ3n) is 6.84.